The van der Waals surface area contributed by atoms with Crippen molar-refractivity contribution in [2.75, 3.05) is 19.8 Å². The van der Waals surface area contributed by atoms with Crippen molar-refractivity contribution in [3.63, 3.8) is 0 Å². The van der Waals surface area contributed by atoms with E-state index in [2.05, 4.69) is 5.32 Å². The maximum absolute atomic E-state index is 12.0. The van der Waals surface area contributed by atoms with Crippen molar-refractivity contribution in [1.82, 2.24) is 5.32 Å². The highest BCUT2D eigenvalue weighted by molar-refractivity contribution is 7.16. The summed E-state index contributed by atoms with van der Waals surface area (Å²) >= 11 is 9.13. The SMILES string of the molecule is FC(F)COCCNC(c1cccs1)c1ccc(Cl)s1. The molecule has 0 aliphatic carbocycles. The van der Waals surface area contributed by atoms with Gasteiger partial charge in [0.15, 0.2) is 0 Å². The maximum atomic E-state index is 12.0. The molecule has 0 fully saturated rings. The first-order valence-corrected chi connectivity index (χ1v) is 8.12. The van der Waals surface area contributed by atoms with Crippen LogP contribution in [0.25, 0.3) is 0 Å². The highest BCUT2D eigenvalue weighted by Gasteiger charge is 2.16. The molecule has 0 aromatic carbocycles. The van der Waals surface area contributed by atoms with Crippen LogP contribution in [0.4, 0.5) is 8.78 Å². The lowest BCUT2D eigenvalue weighted by Crippen LogP contribution is -2.25. The van der Waals surface area contributed by atoms with Crippen molar-refractivity contribution in [3.05, 3.63) is 43.7 Å². The van der Waals surface area contributed by atoms with Crippen LogP contribution in [-0.2, 0) is 4.74 Å². The Kier molecular flexibility index (Phi) is 6.38. The molecule has 0 radical (unpaired) electrons. The van der Waals surface area contributed by atoms with Gasteiger partial charge in [-0.25, -0.2) is 8.78 Å². The maximum Gasteiger partial charge on any atom is 0.261 e. The molecule has 0 amide bonds. The molecule has 2 aromatic heterocycles. The Bertz CT molecular complexity index is 504. The Hall–Kier alpha value is -0.530. The van der Waals surface area contributed by atoms with E-state index in [-0.39, 0.29) is 12.6 Å². The van der Waals surface area contributed by atoms with Crippen molar-refractivity contribution >= 4 is 34.3 Å². The first-order chi connectivity index (χ1) is 9.66. The quantitative estimate of drug-likeness (QED) is 0.720. The Morgan fingerprint density at radius 3 is 2.70 bits per heavy atom. The number of hydrogen-bond acceptors (Lipinski definition) is 4. The molecule has 7 heteroatoms. The van der Waals surface area contributed by atoms with Gasteiger partial charge in [0, 0.05) is 16.3 Å². The van der Waals surface area contributed by atoms with E-state index in [9.17, 15) is 8.78 Å². The van der Waals surface area contributed by atoms with Crippen molar-refractivity contribution in [1.29, 1.82) is 0 Å². The van der Waals surface area contributed by atoms with Crippen LogP contribution in [0.15, 0.2) is 29.6 Å². The molecule has 0 spiro atoms. The summed E-state index contributed by atoms with van der Waals surface area (Å²) in [6.45, 7) is 0.242. The van der Waals surface area contributed by atoms with Gasteiger partial charge >= 0.3 is 0 Å². The van der Waals surface area contributed by atoms with Gasteiger partial charge in [-0.1, -0.05) is 17.7 Å². The number of nitrogens with one attached hydrogen (secondary N) is 1. The number of alkyl halides is 2. The normalized spacial score (nSPS) is 13.0. The summed E-state index contributed by atoms with van der Waals surface area (Å²) in [5.41, 5.74) is 0. The van der Waals surface area contributed by atoms with E-state index >= 15 is 0 Å². The van der Waals surface area contributed by atoms with Crippen LogP contribution < -0.4 is 5.32 Å². The first kappa shape index (κ1) is 15.9. The van der Waals surface area contributed by atoms with E-state index in [4.69, 9.17) is 16.3 Å². The zero-order valence-corrected chi connectivity index (χ0v) is 12.9. The fourth-order valence-corrected chi connectivity index (χ4v) is 3.78. The summed E-state index contributed by atoms with van der Waals surface area (Å²) in [4.78, 5) is 2.27. The lowest BCUT2D eigenvalue weighted by Gasteiger charge is -2.16. The number of ether oxygens (including phenoxy) is 1. The molecule has 2 nitrogen and oxygen atoms in total. The minimum atomic E-state index is -2.42. The third-order valence-electron chi connectivity index (χ3n) is 2.54. The van der Waals surface area contributed by atoms with Crippen LogP contribution in [0.3, 0.4) is 0 Å². The van der Waals surface area contributed by atoms with Crippen LogP contribution in [0.5, 0.6) is 0 Å². The van der Waals surface area contributed by atoms with E-state index in [1.165, 1.54) is 11.3 Å². The zero-order valence-electron chi connectivity index (χ0n) is 10.5. The van der Waals surface area contributed by atoms with E-state index in [0.29, 0.717) is 6.54 Å². The summed E-state index contributed by atoms with van der Waals surface area (Å²) in [5.74, 6) is 0. The molecule has 110 valence electrons. The van der Waals surface area contributed by atoms with Crippen molar-refractivity contribution < 1.29 is 13.5 Å². The molecular formula is C13H14ClF2NOS2. The zero-order chi connectivity index (χ0) is 14.4. The van der Waals surface area contributed by atoms with Gasteiger partial charge in [0.1, 0.15) is 6.61 Å². The average molecular weight is 338 g/mol. The first-order valence-electron chi connectivity index (χ1n) is 6.04. The topological polar surface area (TPSA) is 21.3 Å². The molecule has 2 aromatic rings. The summed E-state index contributed by atoms with van der Waals surface area (Å²) < 4.78 is 29.5. The van der Waals surface area contributed by atoms with Crippen molar-refractivity contribution in [3.8, 4) is 0 Å². The van der Waals surface area contributed by atoms with E-state index in [0.717, 1.165) is 14.1 Å². The second-order valence-electron chi connectivity index (χ2n) is 4.01. The molecular weight excluding hydrogens is 324 g/mol. The fourth-order valence-electron chi connectivity index (χ4n) is 1.73. The molecule has 0 aliphatic rings. The lowest BCUT2D eigenvalue weighted by molar-refractivity contribution is 0.0184. The highest BCUT2D eigenvalue weighted by atomic mass is 35.5. The largest absolute Gasteiger partial charge is 0.374 e. The second kappa shape index (κ2) is 8.05. The second-order valence-corrected chi connectivity index (χ2v) is 6.74. The predicted molar refractivity (Wildman–Crippen MR) is 80.3 cm³/mol. The molecule has 1 atom stereocenters. The Labute approximate surface area is 129 Å². The lowest BCUT2D eigenvalue weighted by atomic mass is 10.2. The van der Waals surface area contributed by atoms with Gasteiger partial charge in [0.05, 0.1) is 17.0 Å². The molecule has 0 aliphatic heterocycles. The minimum Gasteiger partial charge on any atom is -0.374 e. The molecule has 0 bridgehead atoms. The van der Waals surface area contributed by atoms with E-state index < -0.39 is 13.0 Å². The third-order valence-corrected chi connectivity index (χ3v) is 4.78. The van der Waals surface area contributed by atoms with Crippen molar-refractivity contribution in [2.45, 2.75) is 12.5 Å². The molecule has 1 unspecified atom stereocenters. The summed E-state index contributed by atoms with van der Waals surface area (Å²) in [7, 11) is 0. The fraction of sp³-hybridized carbons (Fsp3) is 0.385. The van der Waals surface area contributed by atoms with Crippen LogP contribution >= 0.6 is 34.3 Å². The number of hydrogen-bond donors (Lipinski definition) is 1. The van der Waals surface area contributed by atoms with Crippen LogP contribution in [-0.4, -0.2) is 26.2 Å². The minimum absolute atomic E-state index is 0.0302. The van der Waals surface area contributed by atoms with Crippen LogP contribution in [0.1, 0.15) is 15.8 Å². The Balaban J connectivity index is 1.91. The van der Waals surface area contributed by atoms with Gasteiger partial charge in [-0.15, -0.1) is 22.7 Å². The monoisotopic (exact) mass is 337 g/mol. The molecule has 20 heavy (non-hydrogen) atoms. The Morgan fingerprint density at radius 1 is 1.25 bits per heavy atom. The average Bonchev–Trinajstić information content (AvgIpc) is 3.05. The molecule has 2 heterocycles. The van der Waals surface area contributed by atoms with Gasteiger partial charge in [-0.3, -0.25) is 0 Å². The summed E-state index contributed by atoms with van der Waals surface area (Å²) in [6, 6.07) is 7.89. The van der Waals surface area contributed by atoms with Crippen LogP contribution in [0, 0.1) is 0 Å². The highest BCUT2D eigenvalue weighted by Crippen LogP contribution is 2.32. The van der Waals surface area contributed by atoms with Gasteiger partial charge in [0.25, 0.3) is 6.43 Å². The molecule has 0 saturated carbocycles. The van der Waals surface area contributed by atoms with E-state index in [1.807, 2.05) is 29.6 Å². The smallest absolute Gasteiger partial charge is 0.261 e. The van der Waals surface area contributed by atoms with Gasteiger partial charge < -0.3 is 10.1 Å². The summed E-state index contributed by atoms with van der Waals surface area (Å²) in [5, 5.41) is 5.32. The van der Waals surface area contributed by atoms with Crippen LogP contribution in [0.2, 0.25) is 4.34 Å². The van der Waals surface area contributed by atoms with E-state index in [1.54, 1.807) is 11.3 Å². The van der Waals surface area contributed by atoms with Crippen molar-refractivity contribution in [2.24, 2.45) is 0 Å². The molecule has 0 saturated heterocycles. The third kappa shape index (κ3) is 4.79. The van der Waals surface area contributed by atoms with Gasteiger partial charge in [0.2, 0.25) is 0 Å². The summed E-state index contributed by atoms with van der Waals surface area (Å²) in [6.07, 6.45) is -2.42. The van der Waals surface area contributed by atoms with Gasteiger partial charge in [-0.05, 0) is 23.6 Å². The standard InChI is InChI=1S/C13H14ClF2NOS2/c14-11-4-3-10(20-11)13(9-2-1-7-19-9)17-5-6-18-8-12(15)16/h1-4,7,12-13,17H,5-6,8H2. The van der Waals surface area contributed by atoms with Gasteiger partial charge in [-0.2, -0.15) is 0 Å². The molecule has 1 N–H and O–H groups in total. The predicted octanol–water partition coefficient (Wildman–Crippen LogP) is 4.42. The molecule has 2 rings (SSSR count). The number of thiophene rings is 2. The Morgan fingerprint density at radius 2 is 2.10 bits per heavy atom. The number of rotatable bonds is 8. The number of halogens is 3.